The molecule has 4 aromatic rings. The molecule has 0 saturated heterocycles. The molecule has 1 amide bonds. The molecule has 2 heterocycles. The highest BCUT2D eigenvalue weighted by atomic mass is 32.1. The molecule has 0 aliphatic carbocycles. The minimum Gasteiger partial charge on any atom is -0.462 e. The van der Waals surface area contributed by atoms with Crippen LogP contribution in [0.15, 0.2) is 56.7 Å². The molecule has 0 aliphatic rings. The molecule has 2 aromatic carbocycles. The third kappa shape index (κ3) is 4.27. The van der Waals surface area contributed by atoms with Crippen LogP contribution < -0.4 is 10.6 Å². The first-order chi connectivity index (χ1) is 15.5. The van der Waals surface area contributed by atoms with Crippen LogP contribution in [0.5, 0.6) is 0 Å². The lowest BCUT2D eigenvalue weighted by Gasteiger charge is -2.05. The van der Waals surface area contributed by atoms with Crippen molar-refractivity contribution in [3.05, 3.63) is 63.4 Å². The zero-order valence-corrected chi connectivity index (χ0v) is 18.4. The van der Waals surface area contributed by atoms with E-state index in [4.69, 9.17) is 13.9 Å². The Morgan fingerprint density at radius 1 is 1.12 bits per heavy atom. The molecule has 0 unspecified atom stereocenters. The quantitative estimate of drug-likeness (QED) is 0.397. The highest BCUT2D eigenvalue weighted by molar-refractivity contribution is 7.16. The zero-order chi connectivity index (χ0) is 22.7. The van der Waals surface area contributed by atoms with Crippen molar-refractivity contribution in [2.24, 2.45) is 4.99 Å². The molecule has 4 rings (SSSR count). The normalized spacial score (nSPS) is 12.0. The highest BCUT2D eigenvalue weighted by Gasteiger charge is 2.15. The van der Waals surface area contributed by atoms with Gasteiger partial charge in [0, 0.05) is 13.7 Å². The summed E-state index contributed by atoms with van der Waals surface area (Å²) in [6.07, 6.45) is 0. The molecule has 32 heavy (non-hydrogen) atoms. The Bertz CT molecular complexity index is 1420. The van der Waals surface area contributed by atoms with Crippen LogP contribution in [0, 0.1) is 0 Å². The molecule has 0 bridgehead atoms. The Morgan fingerprint density at radius 2 is 1.94 bits per heavy atom. The van der Waals surface area contributed by atoms with E-state index in [9.17, 15) is 14.4 Å². The lowest BCUT2D eigenvalue weighted by Crippen LogP contribution is -2.23. The first-order valence-corrected chi connectivity index (χ1v) is 10.8. The van der Waals surface area contributed by atoms with Crippen LogP contribution in [-0.4, -0.2) is 41.3 Å². The fourth-order valence-electron chi connectivity index (χ4n) is 3.34. The van der Waals surface area contributed by atoms with Gasteiger partial charge in [-0.25, -0.2) is 9.59 Å². The molecule has 0 saturated carbocycles. The Balaban J connectivity index is 1.73. The molecule has 2 aromatic heterocycles. The summed E-state index contributed by atoms with van der Waals surface area (Å²) < 4.78 is 19.3. The predicted octanol–water partition coefficient (Wildman–Crippen LogP) is 2.56. The molecule has 0 aliphatic heterocycles. The molecular formula is C22H21N3O6S. The number of ether oxygens (including phenoxy) is 2. The van der Waals surface area contributed by atoms with Gasteiger partial charge in [0.2, 0.25) is 0 Å². The lowest BCUT2D eigenvalue weighted by molar-refractivity contribution is -0.118. The third-order valence-corrected chi connectivity index (χ3v) is 5.84. The fourth-order valence-corrected chi connectivity index (χ4v) is 4.45. The zero-order valence-electron chi connectivity index (χ0n) is 17.6. The molecule has 0 N–H and O–H groups in total. The van der Waals surface area contributed by atoms with E-state index in [0.717, 1.165) is 10.2 Å². The first kappa shape index (κ1) is 21.7. The number of nitrogens with zero attached hydrogens (tertiary/aromatic N) is 3. The monoisotopic (exact) mass is 455 g/mol. The minimum atomic E-state index is -0.613. The van der Waals surface area contributed by atoms with Gasteiger partial charge in [-0.2, -0.15) is 4.99 Å². The first-order valence-electron chi connectivity index (χ1n) is 9.97. The molecule has 9 nitrogen and oxygen atoms in total. The van der Waals surface area contributed by atoms with Gasteiger partial charge in [0.1, 0.15) is 6.54 Å². The van der Waals surface area contributed by atoms with Crippen molar-refractivity contribution in [3.63, 3.8) is 0 Å². The number of fused-ring (bicyclic) bond motifs is 2. The highest BCUT2D eigenvalue weighted by Crippen LogP contribution is 2.20. The summed E-state index contributed by atoms with van der Waals surface area (Å²) in [5, 5.41) is 0. The van der Waals surface area contributed by atoms with Crippen LogP contribution in [0.3, 0.4) is 0 Å². The number of carbonyl (C=O) groups is 2. The summed E-state index contributed by atoms with van der Waals surface area (Å²) >= 11 is 1.27. The number of aromatic nitrogens is 2. The van der Waals surface area contributed by atoms with Crippen LogP contribution in [0.2, 0.25) is 0 Å². The van der Waals surface area contributed by atoms with Crippen LogP contribution in [0.1, 0.15) is 17.3 Å². The van der Waals surface area contributed by atoms with Crippen molar-refractivity contribution in [2.45, 2.75) is 20.0 Å². The van der Waals surface area contributed by atoms with Crippen LogP contribution in [0.25, 0.3) is 21.3 Å². The maximum absolute atomic E-state index is 12.8. The number of methoxy groups -OCH3 is 1. The molecule has 0 atom stereocenters. The molecule has 10 heteroatoms. The molecule has 0 spiro atoms. The van der Waals surface area contributed by atoms with Crippen LogP contribution in [-0.2, 0) is 27.4 Å². The maximum atomic E-state index is 12.8. The van der Waals surface area contributed by atoms with E-state index in [1.54, 1.807) is 56.5 Å². The van der Waals surface area contributed by atoms with Gasteiger partial charge in [0.15, 0.2) is 10.4 Å². The number of oxazole rings is 1. The Labute approximate surface area is 186 Å². The smallest absolute Gasteiger partial charge is 0.420 e. The van der Waals surface area contributed by atoms with Crippen molar-refractivity contribution < 1.29 is 23.5 Å². The van der Waals surface area contributed by atoms with E-state index in [1.807, 2.05) is 4.57 Å². The number of hydrogen-bond donors (Lipinski definition) is 0. The fraction of sp³-hybridized carbons (Fsp3) is 0.273. The van der Waals surface area contributed by atoms with Gasteiger partial charge in [-0.1, -0.05) is 23.5 Å². The molecule has 0 radical (unpaired) electrons. The average molecular weight is 455 g/mol. The Kier molecular flexibility index (Phi) is 6.33. The summed E-state index contributed by atoms with van der Waals surface area (Å²) in [5.74, 6) is -1.52. The summed E-state index contributed by atoms with van der Waals surface area (Å²) in [5.41, 5.74) is 2.18. The summed E-state index contributed by atoms with van der Waals surface area (Å²) in [4.78, 5) is 41.7. The van der Waals surface area contributed by atoms with Crippen molar-refractivity contribution in [1.82, 2.24) is 9.13 Å². The van der Waals surface area contributed by atoms with Gasteiger partial charge < -0.3 is 18.5 Å². The lowest BCUT2D eigenvalue weighted by atomic mass is 10.2. The number of amides is 1. The number of rotatable bonds is 7. The minimum absolute atomic E-state index is 0.248. The standard InChI is InChI=1S/C22H21N3O6S/c1-3-30-20(27)14-8-9-16-18(12-14)32-21(24(16)10-11-29-2)23-19(26)13-25-15-6-4-5-7-17(15)31-22(25)28/h4-9,12H,3,10-11,13H2,1-2H3. The predicted molar refractivity (Wildman–Crippen MR) is 119 cm³/mol. The summed E-state index contributed by atoms with van der Waals surface area (Å²) in [7, 11) is 1.59. The number of benzene rings is 2. The van der Waals surface area contributed by atoms with Gasteiger partial charge in [-0.3, -0.25) is 9.36 Å². The average Bonchev–Trinajstić information content (AvgIpc) is 3.28. The summed E-state index contributed by atoms with van der Waals surface area (Å²) in [6, 6.07) is 12.1. The topological polar surface area (TPSA) is 105 Å². The second-order valence-corrected chi connectivity index (χ2v) is 7.87. The SMILES string of the molecule is CCOC(=O)c1ccc2c(c1)sc(=NC(=O)Cn1c(=O)oc3ccccc31)n2CCOC. The van der Waals surface area contributed by atoms with Gasteiger partial charge in [-0.05, 0) is 37.3 Å². The van der Waals surface area contributed by atoms with Crippen molar-refractivity contribution in [3.8, 4) is 0 Å². The summed E-state index contributed by atoms with van der Waals surface area (Å²) in [6.45, 7) is 2.67. The van der Waals surface area contributed by atoms with Crippen molar-refractivity contribution in [1.29, 1.82) is 0 Å². The second-order valence-electron chi connectivity index (χ2n) is 6.86. The van der Waals surface area contributed by atoms with Gasteiger partial charge >= 0.3 is 11.7 Å². The third-order valence-electron chi connectivity index (χ3n) is 4.80. The number of thiazole rings is 1. The number of esters is 1. The largest absolute Gasteiger partial charge is 0.462 e. The number of para-hydroxylation sites is 2. The van der Waals surface area contributed by atoms with E-state index in [2.05, 4.69) is 4.99 Å². The van der Waals surface area contributed by atoms with Gasteiger partial charge in [0.05, 0.1) is 34.5 Å². The maximum Gasteiger partial charge on any atom is 0.420 e. The molecule has 166 valence electrons. The van der Waals surface area contributed by atoms with E-state index in [0.29, 0.717) is 34.6 Å². The van der Waals surface area contributed by atoms with E-state index in [-0.39, 0.29) is 13.2 Å². The molecular weight excluding hydrogens is 434 g/mol. The van der Waals surface area contributed by atoms with Gasteiger partial charge in [-0.15, -0.1) is 0 Å². The van der Waals surface area contributed by atoms with Crippen LogP contribution in [0.4, 0.5) is 0 Å². The van der Waals surface area contributed by atoms with E-state index < -0.39 is 17.6 Å². The molecule has 0 fully saturated rings. The van der Waals surface area contributed by atoms with E-state index >= 15 is 0 Å². The van der Waals surface area contributed by atoms with Crippen molar-refractivity contribution >= 4 is 44.5 Å². The second kappa shape index (κ2) is 9.33. The Hall–Kier alpha value is -3.50. The number of hydrogen-bond acceptors (Lipinski definition) is 7. The van der Waals surface area contributed by atoms with Crippen LogP contribution >= 0.6 is 11.3 Å². The van der Waals surface area contributed by atoms with Crippen molar-refractivity contribution in [2.75, 3.05) is 20.3 Å². The van der Waals surface area contributed by atoms with E-state index in [1.165, 1.54) is 15.9 Å². The number of carbonyl (C=O) groups excluding carboxylic acids is 2. The van der Waals surface area contributed by atoms with Gasteiger partial charge in [0.25, 0.3) is 5.91 Å². The Morgan fingerprint density at radius 3 is 2.72 bits per heavy atom.